The van der Waals surface area contributed by atoms with E-state index in [1.807, 2.05) is 44.2 Å². The number of benzene rings is 1. The first-order chi connectivity index (χ1) is 8.07. The first-order valence-corrected chi connectivity index (χ1v) is 5.68. The van der Waals surface area contributed by atoms with Gasteiger partial charge >= 0.3 is 5.97 Å². The molecule has 0 heterocycles. The Bertz CT molecular complexity index is 299. The van der Waals surface area contributed by atoms with Gasteiger partial charge in [0.2, 0.25) is 0 Å². The highest BCUT2D eigenvalue weighted by molar-refractivity contribution is 5.67. The van der Waals surface area contributed by atoms with Crippen molar-refractivity contribution in [3.8, 4) is 0 Å². The van der Waals surface area contributed by atoms with Crippen LogP contribution in [0, 0.1) is 0 Å². The first kappa shape index (κ1) is 15.6. The summed E-state index contributed by atoms with van der Waals surface area (Å²) in [6.07, 6.45) is 0.868. The Morgan fingerprint density at radius 1 is 1.41 bits per heavy atom. The van der Waals surface area contributed by atoms with E-state index >= 15 is 0 Å². The standard InChI is InChI=1S/C8H11N.C5H10O3/c1-7(9)8-5-3-2-4-6-8;1-2-3-8-4-5(6)7/h2-7H,9H2,1H3;2-4H2,1H3,(H,6,7). The van der Waals surface area contributed by atoms with Crippen LogP contribution < -0.4 is 5.73 Å². The van der Waals surface area contributed by atoms with Gasteiger partial charge in [0.1, 0.15) is 6.61 Å². The fraction of sp³-hybridized carbons (Fsp3) is 0.462. The summed E-state index contributed by atoms with van der Waals surface area (Å²) < 4.78 is 4.64. The third-order valence-corrected chi connectivity index (χ3v) is 1.90. The molecule has 1 atom stereocenters. The van der Waals surface area contributed by atoms with Crippen molar-refractivity contribution in [2.24, 2.45) is 5.73 Å². The van der Waals surface area contributed by atoms with Crippen molar-refractivity contribution in [2.45, 2.75) is 26.3 Å². The van der Waals surface area contributed by atoms with Crippen LogP contribution in [-0.2, 0) is 9.53 Å². The molecular formula is C13H21NO3. The molecule has 0 fully saturated rings. The van der Waals surface area contributed by atoms with E-state index in [9.17, 15) is 4.79 Å². The van der Waals surface area contributed by atoms with Crippen LogP contribution in [0.25, 0.3) is 0 Å². The van der Waals surface area contributed by atoms with Gasteiger partial charge in [-0.3, -0.25) is 0 Å². The van der Waals surface area contributed by atoms with Crippen molar-refractivity contribution in [2.75, 3.05) is 13.2 Å². The van der Waals surface area contributed by atoms with E-state index in [1.54, 1.807) is 0 Å². The van der Waals surface area contributed by atoms with E-state index in [4.69, 9.17) is 10.8 Å². The normalized spacial score (nSPS) is 11.2. The van der Waals surface area contributed by atoms with Gasteiger partial charge in [0.15, 0.2) is 0 Å². The van der Waals surface area contributed by atoms with Crippen LogP contribution in [0.3, 0.4) is 0 Å². The summed E-state index contributed by atoms with van der Waals surface area (Å²) in [7, 11) is 0. The molecule has 1 aromatic carbocycles. The van der Waals surface area contributed by atoms with Crippen LogP contribution in [-0.4, -0.2) is 24.3 Å². The Labute approximate surface area is 102 Å². The van der Waals surface area contributed by atoms with Gasteiger partial charge in [-0.25, -0.2) is 4.79 Å². The second kappa shape index (κ2) is 9.81. The molecule has 0 aliphatic carbocycles. The minimum atomic E-state index is -0.904. The highest BCUT2D eigenvalue weighted by Gasteiger charge is 1.93. The Morgan fingerprint density at radius 3 is 2.35 bits per heavy atom. The molecule has 17 heavy (non-hydrogen) atoms. The van der Waals surface area contributed by atoms with Crippen molar-refractivity contribution in [1.29, 1.82) is 0 Å². The monoisotopic (exact) mass is 239 g/mol. The van der Waals surface area contributed by atoms with Crippen LogP contribution in [0.5, 0.6) is 0 Å². The summed E-state index contributed by atoms with van der Waals surface area (Å²) in [5.41, 5.74) is 6.81. The summed E-state index contributed by atoms with van der Waals surface area (Å²) in [5.74, 6) is -0.904. The van der Waals surface area contributed by atoms with Gasteiger partial charge in [-0.2, -0.15) is 0 Å². The van der Waals surface area contributed by atoms with Gasteiger partial charge in [-0.15, -0.1) is 0 Å². The molecule has 0 saturated heterocycles. The molecule has 96 valence electrons. The van der Waals surface area contributed by atoms with E-state index in [0.29, 0.717) is 6.61 Å². The maximum atomic E-state index is 9.75. The molecule has 0 aliphatic heterocycles. The average Bonchev–Trinajstić information content (AvgIpc) is 2.31. The Hall–Kier alpha value is -1.39. The minimum absolute atomic E-state index is 0.159. The number of carboxylic acid groups (broad SMARTS) is 1. The maximum absolute atomic E-state index is 9.75. The first-order valence-electron chi connectivity index (χ1n) is 5.68. The molecule has 0 spiro atoms. The molecule has 0 bridgehead atoms. The number of aliphatic carboxylic acids is 1. The molecule has 1 aromatic rings. The maximum Gasteiger partial charge on any atom is 0.329 e. The largest absolute Gasteiger partial charge is 0.480 e. The predicted octanol–water partition coefficient (Wildman–Crippen LogP) is 2.20. The zero-order valence-corrected chi connectivity index (χ0v) is 10.4. The number of carbonyl (C=O) groups is 1. The second-order valence-corrected chi connectivity index (χ2v) is 3.65. The summed E-state index contributed by atoms with van der Waals surface area (Å²) in [4.78, 5) is 9.75. The molecule has 0 saturated carbocycles. The Balaban J connectivity index is 0.000000304. The Kier molecular flexibility index (Phi) is 9.01. The third-order valence-electron chi connectivity index (χ3n) is 1.90. The summed E-state index contributed by atoms with van der Waals surface area (Å²) >= 11 is 0. The number of rotatable bonds is 5. The van der Waals surface area contributed by atoms with Crippen LogP contribution >= 0.6 is 0 Å². The van der Waals surface area contributed by atoms with Gasteiger partial charge < -0.3 is 15.6 Å². The summed E-state index contributed by atoms with van der Waals surface area (Å²) in [6, 6.07) is 10.2. The number of carboxylic acids is 1. The lowest BCUT2D eigenvalue weighted by Gasteiger charge is -2.02. The molecule has 0 radical (unpaired) electrons. The highest BCUT2D eigenvalue weighted by Crippen LogP contribution is 2.06. The fourth-order valence-corrected chi connectivity index (χ4v) is 1.06. The Morgan fingerprint density at radius 2 is 2.00 bits per heavy atom. The van der Waals surface area contributed by atoms with Crippen LogP contribution in [0.1, 0.15) is 31.9 Å². The third kappa shape index (κ3) is 9.53. The number of hydrogen-bond acceptors (Lipinski definition) is 3. The lowest BCUT2D eigenvalue weighted by molar-refractivity contribution is -0.142. The molecular weight excluding hydrogens is 218 g/mol. The van der Waals surface area contributed by atoms with Gasteiger partial charge in [-0.05, 0) is 18.9 Å². The SMILES string of the molecule is CC(N)c1ccccc1.CCCOCC(=O)O. The molecule has 1 rings (SSSR count). The van der Waals surface area contributed by atoms with Crippen molar-refractivity contribution < 1.29 is 14.6 Å². The van der Waals surface area contributed by atoms with Crippen molar-refractivity contribution in [3.63, 3.8) is 0 Å². The van der Waals surface area contributed by atoms with Crippen molar-refractivity contribution in [3.05, 3.63) is 35.9 Å². The fourth-order valence-electron chi connectivity index (χ4n) is 1.06. The molecule has 1 unspecified atom stereocenters. The van der Waals surface area contributed by atoms with Gasteiger partial charge in [-0.1, -0.05) is 37.3 Å². The smallest absolute Gasteiger partial charge is 0.329 e. The zero-order valence-electron chi connectivity index (χ0n) is 10.4. The van der Waals surface area contributed by atoms with E-state index in [-0.39, 0.29) is 12.6 Å². The lowest BCUT2D eigenvalue weighted by atomic mass is 10.1. The molecule has 4 heteroatoms. The topological polar surface area (TPSA) is 72.5 Å². The summed E-state index contributed by atoms with van der Waals surface area (Å²) in [6.45, 7) is 4.28. The molecule has 0 aliphatic rings. The van der Waals surface area contributed by atoms with E-state index in [0.717, 1.165) is 6.42 Å². The number of nitrogens with two attached hydrogens (primary N) is 1. The average molecular weight is 239 g/mol. The predicted molar refractivity (Wildman–Crippen MR) is 67.8 cm³/mol. The highest BCUT2D eigenvalue weighted by atomic mass is 16.5. The van der Waals surface area contributed by atoms with Crippen LogP contribution in [0.2, 0.25) is 0 Å². The van der Waals surface area contributed by atoms with Gasteiger partial charge in [0.25, 0.3) is 0 Å². The quantitative estimate of drug-likeness (QED) is 0.773. The molecule has 0 aromatic heterocycles. The minimum Gasteiger partial charge on any atom is -0.480 e. The van der Waals surface area contributed by atoms with Crippen LogP contribution in [0.15, 0.2) is 30.3 Å². The van der Waals surface area contributed by atoms with E-state index < -0.39 is 5.97 Å². The lowest BCUT2D eigenvalue weighted by Crippen LogP contribution is -2.06. The number of hydrogen-bond donors (Lipinski definition) is 2. The van der Waals surface area contributed by atoms with Gasteiger partial charge in [0.05, 0.1) is 0 Å². The van der Waals surface area contributed by atoms with E-state index in [2.05, 4.69) is 4.74 Å². The van der Waals surface area contributed by atoms with Gasteiger partial charge in [0, 0.05) is 12.6 Å². The molecule has 0 amide bonds. The molecule has 4 nitrogen and oxygen atoms in total. The van der Waals surface area contributed by atoms with E-state index in [1.165, 1.54) is 5.56 Å². The summed E-state index contributed by atoms with van der Waals surface area (Å²) in [5, 5.41) is 8.02. The number of ether oxygens (including phenoxy) is 1. The van der Waals surface area contributed by atoms with Crippen molar-refractivity contribution >= 4 is 5.97 Å². The molecule has 3 N–H and O–H groups in total. The second-order valence-electron chi connectivity index (χ2n) is 3.65. The zero-order chi connectivity index (χ0) is 13.1. The van der Waals surface area contributed by atoms with Crippen LogP contribution in [0.4, 0.5) is 0 Å². The van der Waals surface area contributed by atoms with Crippen molar-refractivity contribution in [1.82, 2.24) is 0 Å².